The minimum Gasteiger partial charge on any atom is -0.456 e. The van der Waals surface area contributed by atoms with Crippen molar-refractivity contribution in [1.29, 1.82) is 0 Å². The van der Waals surface area contributed by atoms with Crippen molar-refractivity contribution in [3.8, 4) is 0 Å². The summed E-state index contributed by atoms with van der Waals surface area (Å²) in [5.74, 6) is -2.92. The van der Waals surface area contributed by atoms with E-state index in [4.69, 9.17) is 23.1 Å². The Hall–Kier alpha value is -1.67. The number of hydrogen-bond donors (Lipinski definition) is 1. The quantitative estimate of drug-likeness (QED) is 0.524. The lowest BCUT2D eigenvalue weighted by Gasteiger charge is -2.38. The number of rotatable bonds is 3. The second-order valence-corrected chi connectivity index (χ2v) is 3.66. The smallest absolute Gasteiger partial charge is 0.303 e. The Morgan fingerprint density at radius 2 is 1.58 bits per heavy atom. The van der Waals surface area contributed by atoms with Gasteiger partial charge in [0, 0.05) is 24.8 Å². The lowest BCUT2D eigenvalue weighted by atomic mass is 10.0. The zero-order valence-electron chi connectivity index (χ0n) is 12.9. The van der Waals surface area contributed by atoms with Crippen molar-refractivity contribution in [3.05, 3.63) is 0 Å². The largest absolute Gasteiger partial charge is 0.456 e. The third-order valence-corrected chi connectivity index (χ3v) is 2.22. The Morgan fingerprint density at radius 1 is 1.05 bits per heavy atom. The van der Waals surface area contributed by atoms with Crippen LogP contribution in [0.3, 0.4) is 0 Å². The fraction of sp³-hybridized carbons (Fsp3) is 0.727. The molecule has 19 heavy (non-hydrogen) atoms. The molecule has 0 spiro atoms. The third kappa shape index (κ3) is 4.49. The van der Waals surface area contributed by atoms with E-state index in [1.807, 2.05) is 0 Å². The molecular formula is C11H16O8. The van der Waals surface area contributed by atoms with Gasteiger partial charge in [0.15, 0.2) is 24.6 Å². The van der Waals surface area contributed by atoms with Crippen molar-refractivity contribution < 1.29 is 42.5 Å². The van der Waals surface area contributed by atoms with E-state index in [0.717, 1.165) is 0 Å². The molecule has 108 valence electrons. The first-order chi connectivity index (χ1) is 10.4. The molecule has 0 aliphatic carbocycles. The van der Waals surface area contributed by atoms with Gasteiger partial charge >= 0.3 is 17.9 Å². The number of carbonyl (C=O) groups excluding carboxylic acids is 3. The molecule has 0 radical (unpaired) electrons. The molecule has 1 aliphatic heterocycles. The molecule has 8 nitrogen and oxygen atoms in total. The molecule has 0 amide bonds. The van der Waals surface area contributed by atoms with Crippen LogP contribution in [0.2, 0.25) is 0 Å². The van der Waals surface area contributed by atoms with Crippen molar-refractivity contribution in [2.24, 2.45) is 0 Å². The van der Waals surface area contributed by atoms with E-state index in [1.54, 1.807) is 0 Å². The van der Waals surface area contributed by atoms with Gasteiger partial charge in [0.2, 0.25) is 0 Å². The Kier molecular flexibility index (Phi) is 3.82. The van der Waals surface area contributed by atoms with Crippen LogP contribution in [-0.4, -0.2) is 54.2 Å². The summed E-state index contributed by atoms with van der Waals surface area (Å²) in [4.78, 5) is 33.7. The van der Waals surface area contributed by atoms with E-state index in [9.17, 15) is 19.5 Å². The van der Waals surface area contributed by atoms with Gasteiger partial charge in [-0.3, -0.25) is 14.4 Å². The summed E-state index contributed by atoms with van der Waals surface area (Å²) in [5, 5.41) is 9.70. The van der Waals surface area contributed by atoms with Crippen LogP contribution in [0.1, 0.15) is 24.8 Å². The van der Waals surface area contributed by atoms with Gasteiger partial charge in [-0.25, -0.2) is 0 Å². The van der Waals surface area contributed by atoms with Crippen LogP contribution in [0, 0.1) is 0 Å². The van der Waals surface area contributed by atoms with Gasteiger partial charge in [-0.1, -0.05) is 0 Å². The molecular weight excluding hydrogens is 260 g/mol. The molecule has 0 saturated carbocycles. The Balaban J connectivity index is 2.92. The van der Waals surface area contributed by atoms with Crippen LogP contribution in [0.5, 0.6) is 0 Å². The standard InChI is InChI=1S/C11H16O8/c1-5(12)17-8-4-16-11(15)10(19-7(3)14)9(8)18-6(2)13/h8-11,15H,4H2,1-3H3/t8-,9+,10+,11?/m1/s1/i1D,2D,3D. The van der Waals surface area contributed by atoms with Gasteiger partial charge in [-0.15, -0.1) is 0 Å². The number of esters is 3. The maximum absolute atomic E-state index is 11.3. The molecule has 4 atom stereocenters. The Bertz CT molecular complexity index is 418. The van der Waals surface area contributed by atoms with Gasteiger partial charge in [0.25, 0.3) is 0 Å². The summed E-state index contributed by atoms with van der Waals surface area (Å²) < 4.78 is 40.1. The van der Waals surface area contributed by atoms with Crippen LogP contribution in [-0.2, 0) is 33.3 Å². The van der Waals surface area contributed by atoms with Crippen LogP contribution >= 0.6 is 0 Å². The molecule has 1 heterocycles. The number of aliphatic hydroxyl groups excluding tert-OH is 1. The minimum absolute atomic E-state index is 0.349. The second-order valence-electron chi connectivity index (χ2n) is 3.66. The van der Waals surface area contributed by atoms with Crippen molar-refractivity contribution in [2.45, 2.75) is 45.3 Å². The van der Waals surface area contributed by atoms with E-state index in [-0.39, 0.29) is 6.61 Å². The molecule has 0 aromatic carbocycles. The molecule has 1 fully saturated rings. The van der Waals surface area contributed by atoms with Gasteiger partial charge in [-0.05, 0) is 0 Å². The minimum atomic E-state index is -1.65. The summed E-state index contributed by atoms with van der Waals surface area (Å²) >= 11 is 0. The summed E-state index contributed by atoms with van der Waals surface area (Å²) in [6, 6.07) is 0. The average molecular weight is 279 g/mol. The summed E-state index contributed by atoms with van der Waals surface area (Å²) in [6.07, 6.45) is -5.76. The highest BCUT2D eigenvalue weighted by Crippen LogP contribution is 2.23. The first kappa shape index (κ1) is 11.2. The van der Waals surface area contributed by atoms with E-state index >= 15 is 0 Å². The zero-order chi connectivity index (χ0) is 16.7. The highest BCUT2D eigenvalue weighted by Gasteiger charge is 2.46. The van der Waals surface area contributed by atoms with E-state index in [2.05, 4.69) is 0 Å². The van der Waals surface area contributed by atoms with Crippen molar-refractivity contribution in [2.75, 3.05) is 6.61 Å². The van der Waals surface area contributed by atoms with Gasteiger partial charge in [0.1, 0.15) is 0 Å². The number of hydrogen-bond acceptors (Lipinski definition) is 8. The number of aliphatic hydroxyl groups is 1. The monoisotopic (exact) mass is 279 g/mol. The van der Waals surface area contributed by atoms with E-state index in [0.29, 0.717) is 0 Å². The van der Waals surface area contributed by atoms with Gasteiger partial charge < -0.3 is 24.1 Å². The summed E-state index contributed by atoms with van der Waals surface area (Å²) in [7, 11) is 0. The Morgan fingerprint density at radius 3 is 2.16 bits per heavy atom. The van der Waals surface area contributed by atoms with E-state index < -0.39 is 63.2 Å². The molecule has 0 aromatic heterocycles. The van der Waals surface area contributed by atoms with Crippen LogP contribution in [0.15, 0.2) is 0 Å². The molecule has 0 aromatic rings. The second kappa shape index (κ2) is 6.48. The highest BCUT2D eigenvalue weighted by atomic mass is 16.7. The molecule has 1 unspecified atom stereocenters. The maximum Gasteiger partial charge on any atom is 0.303 e. The predicted octanol–water partition coefficient (Wildman–Crippen LogP) is -0.870. The van der Waals surface area contributed by atoms with Crippen molar-refractivity contribution >= 4 is 17.9 Å². The maximum atomic E-state index is 11.3. The molecule has 1 N–H and O–H groups in total. The predicted molar refractivity (Wildman–Crippen MR) is 58.6 cm³/mol. The van der Waals surface area contributed by atoms with Crippen LogP contribution in [0.4, 0.5) is 0 Å². The first-order valence-corrected chi connectivity index (χ1v) is 5.18. The normalized spacial score (nSPS) is 32.4. The van der Waals surface area contributed by atoms with Crippen molar-refractivity contribution in [3.63, 3.8) is 0 Å². The number of carbonyl (C=O) groups is 3. The fourth-order valence-corrected chi connectivity index (χ4v) is 1.60. The molecule has 1 rings (SSSR count). The molecule has 1 saturated heterocycles. The lowest BCUT2D eigenvalue weighted by Crippen LogP contribution is -2.57. The average Bonchev–Trinajstić information content (AvgIpc) is 2.52. The highest BCUT2D eigenvalue weighted by molar-refractivity contribution is 5.68. The van der Waals surface area contributed by atoms with Gasteiger partial charge in [-0.2, -0.15) is 0 Å². The lowest BCUT2D eigenvalue weighted by molar-refractivity contribution is -0.267. The molecule has 1 aliphatic rings. The third-order valence-electron chi connectivity index (χ3n) is 2.22. The molecule has 8 heteroatoms. The SMILES string of the molecule is [2H]CC(=O)O[C@@H]1[C@H](OC(=O)C[2H])C(O)OC[C@H]1OC(=O)C[2H]. The summed E-state index contributed by atoms with van der Waals surface area (Å²) in [5.41, 5.74) is 0. The van der Waals surface area contributed by atoms with E-state index in [1.165, 1.54) is 0 Å². The Labute approximate surface area is 113 Å². The first-order valence-electron chi connectivity index (χ1n) is 7.30. The molecule has 0 bridgehead atoms. The van der Waals surface area contributed by atoms with Crippen LogP contribution in [0.25, 0.3) is 0 Å². The summed E-state index contributed by atoms with van der Waals surface area (Å²) in [6.45, 7) is -2.50. The number of ether oxygens (including phenoxy) is 4. The fourth-order valence-electron chi connectivity index (χ4n) is 1.60. The topological polar surface area (TPSA) is 108 Å². The van der Waals surface area contributed by atoms with Gasteiger partial charge in [0.05, 0.1) is 6.61 Å². The zero-order valence-corrected chi connectivity index (χ0v) is 9.94. The van der Waals surface area contributed by atoms with Crippen molar-refractivity contribution in [1.82, 2.24) is 0 Å². The van der Waals surface area contributed by atoms with Crippen LogP contribution < -0.4 is 0 Å².